The van der Waals surface area contributed by atoms with Crippen LogP contribution in [0.2, 0.25) is 0 Å². The molecule has 3 aliphatic rings. The van der Waals surface area contributed by atoms with Crippen LogP contribution in [-0.4, -0.2) is 89.8 Å². The Morgan fingerprint density at radius 3 is 2.23 bits per heavy atom. The monoisotopic (exact) mass is 822 g/mol. The Morgan fingerprint density at radius 2 is 1.64 bits per heavy atom. The summed E-state index contributed by atoms with van der Waals surface area (Å²) in [6.07, 6.45) is 9.62. The van der Waals surface area contributed by atoms with Gasteiger partial charge >= 0.3 is 35.5 Å². The fourth-order valence-corrected chi connectivity index (χ4v) is 7.71. The second-order valence-electron chi connectivity index (χ2n) is 14.7. The zero-order chi connectivity index (χ0) is 40.6. The maximum Gasteiger partial charge on any atom is 1.00 e. The van der Waals surface area contributed by atoms with Crippen molar-refractivity contribution in [3.63, 3.8) is 0 Å². The van der Waals surface area contributed by atoms with Gasteiger partial charge in [0.2, 0.25) is 5.36 Å². The number of anilines is 1. The normalized spacial score (nSPS) is 16.9. The van der Waals surface area contributed by atoms with Gasteiger partial charge in [0, 0.05) is 66.8 Å². The number of rotatable bonds is 18. The van der Waals surface area contributed by atoms with E-state index in [1.807, 2.05) is 55.5 Å². The van der Waals surface area contributed by atoms with E-state index in [-0.39, 0.29) is 67.2 Å². The van der Waals surface area contributed by atoms with Gasteiger partial charge in [0.25, 0.3) is 0 Å². The van der Waals surface area contributed by atoms with Crippen LogP contribution in [-0.2, 0) is 45.3 Å². The molecule has 0 fully saturated rings. The number of ether oxygens (including phenoxy) is 2. The molecule has 56 heavy (non-hydrogen) atoms. The van der Waals surface area contributed by atoms with Gasteiger partial charge in [-0.25, -0.2) is 21.4 Å². The molecule has 13 nitrogen and oxygen atoms in total. The topological polar surface area (TPSA) is 190 Å². The first kappa shape index (κ1) is 47.3. The van der Waals surface area contributed by atoms with Crippen LogP contribution in [0, 0.1) is 0 Å². The number of carboxylic acid groups (broad SMARTS) is 1. The van der Waals surface area contributed by atoms with E-state index >= 15 is 0 Å². The summed E-state index contributed by atoms with van der Waals surface area (Å²) in [7, 11) is -5.99. The van der Waals surface area contributed by atoms with Crippen LogP contribution < -0.4 is 44.4 Å². The molecule has 16 heteroatoms. The molecule has 0 spiro atoms. The maximum atomic E-state index is 12.0. The van der Waals surface area contributed by atoms with Crippen LogP contribution >= 0.6 is 0 Å². The van der Waals surface area contributed by atoms with Gasteiger partial charge in [-0.05, 0) is 73.7 Å². The van der Waals surface area contributed by atoms with Gasteiger partial charge in [-0.2, -0.15) is 0 Å². The van der Waals surface area contributed by atoms with E-state index in [1.165, 1.54) is 18.2 Å². The molecule has 1 aliphatic carbocycles. The number of carboxylic acids is 1. The molecule has 300 valence electrons. The van der Waals surface area contributed by atoms with Crippen LogP contribution in [0.25, 0.3) is 17.4 Å². The minimum atomic E-state index is -4.82. The van der Waals surface area contributed by atoms with Gasteiger partial charge in [-0.3, -0.25) is 4.79 Å². The quantitative estimate of drug-likeness (QED) is 0.0853. The van der Waals surface area contributed by atoms with Crippen LogP contribution in [0.15, 0.2) is 81.8 Å². The molecule has 1 N–H and O–H groups in total. The average molecular weight is 823 g/mol. The largest absolute Gasteiger partial charge is 1.00 e. The Balaban J connectivity index is 0.00000841. The summed E-state index contributed by atoms with van der Waals surface area (Å²) in [5.41, 5.74) is 2.26. The van der Waals surface area contributed by atoms with Crippen molar-refractivity contribution < 1.29 is 79.3 Å². The van der Waals surface area contributed by atoms with E-state index in [0.29, 0.717) is 49.0 Å². The zero-order valence-electron chi connectivity index (χ0n) is 33.2. The smallest absolute Gasteiger partial charge is 0.748 e. The third-order valence-electron chi connectivity index (χ3n) is 9.61. The molecule has 1 aromatic rings. The van der Waals surface area contributed by atoms with Crippen molar-refractivity contribution in [3.05, 3.63) is 94.7 Å². The summed E-state index contributed by atoms with van der Waals surface area (Å²) < 4.78 is 89.8. The average Bonchev–Trinajstić information content (AvgIpc) is 3.32. The van der Waals surface area contributed by atoms with E-state index in [2.05, 4.69) is 25.3 Å². The Kier molecular flexibility index (Phi) is 16.9. The molecule has 1 atom stereocenters. The van der Waals surface area contributed by atoms with Crippen molar-refractivity contribution in [1.82, 2.24) is 4.58 Å². The number of allylic oxidation sites excluding steroid dienone is 5. The van der Waals surface area contributed by atoms with Gasteiger partial charge in [0.1, 0.15) is 34.9 Å². The summed E-state index contributed by atoms with van der Waals surface area (Å²) in [4.78, 5) is 12.8. The van der Waals surface area contributed by atoms with Crippen LogP contribution in [0.1, 0.15) is 70.3 Å². The molecular formula is C40H51N2NaO11S2. The van der Waals surface area contributed by atoms with E-state index in [9.17, 15) is 35.8 Å². The summed E-state index contributed by atoms with van der Waals surface area (Å²) in [6, 6.07) is 12.1. The summed E-state index contributed by atoms with van der Waals surface area (Å²) in [6.45, 7) is 10.6. The second-order valence-corrected chi connectivity index (χ2v) is 17.6. The van der Waals surface area contributed by atoms with Gasteiger partial charge in [0.05, 0.1) is 21.1 Å². The molecule has 0 saturated heterocycles. The first-order valence-corrected chi connectivity index (χ1v) is 21.0. The zero-order valence-corrected chi connectivity index (χ0v) is 36.9. The number of hydrogen-bond acceptors (Lipinski definition) is 11. The van der Waals surface area contributed by atoms with Crippen molar-refractivity contribution >= 4 is 38.0 Å². The minimum Gasteiger partial charge on any atom is -0.748 e. The molecule has 0 amide bonds. The molecule has 0 saturated carbocycles. The predicted molar refractivity (Wildman–Crippen MR) is 209 cm³/mol. The number of nitrogens with zero attached hydrogens (tertiary/aromatic N) is 2. The fraction of sp³-hybridized carbons (Fsp3) is 0.450. The standard InChI is InChI=1S/C40H52N2O11S2.Na/c1-39(2,3)37-26-29(32-17-15-30(27-35(32)53-37)41(21-23-51-5)22-24-52-6)12-8-7-9-13-36-40(4,19-10-14-38(43)44)33-28-31(55(48,49)50)16-18-34(33)42(36)20-11-25-54(45,46)47;/h7-9,12-13,15-18,26-28H,10-11,14,19-25H2,1-6H3,(H2-,43,44,45,46,47,48,49,50);/q;+1/p-1. The number of methoxy groups -OCH3 is 2. The van der Waals surface area contributed by atoms with Gasteiger partial charge in [0.15, 0.2) is 13.1 Å². The third kappa shape index (κ3) is 12.4. The Morgan fingerprint density at radius 1 is 0.964 bits per heavy atom. The third-order valence-corrected chi connectivity index (χ3v) is 11.2. The molecule has 0 aromatic heterocycles. The van der Waals surface area contributed by atoms with E-state index in [0.717, 1.165) is 22.2 Å². The van der Waals surface area contributed by atoms with E-state index in [1.54, 1.807) is 25.2 Å². The van der Waals surface area contributed by atoms with Crippen molar-refractivity contribution in [2.24, 2.45) is 0 Å². The Hall–Kier alpha value is -3.12. The van der Waals surface area contributed by atoms with E-state index in [4.69, 9.17) is 13.9 Å². The summed E-state index contributed by atoms with van der Waals surface area (Å²) in [5, 5.41) is 10.4. The minimum absolute atomic E-state index is 0. The molecule has 1 unspecified atom stereocenters. The predicted octanol–water partition coefficient (Wildman–Crippen LogP) is 2.08. The van der Waals surface area contributed by atoms with Crippen molar-refractivity contribution in [1.29, 1.82) is 0 Å². The SMILES string of the molecule is COCC[N+](CCOC)=c1ccc2c(/C=C/C=C/C=C3\N(CCCS(=O)(=O)[O-])c4ccc(S(=O)(=O)[O-])cc4C3(C)CCCC(=O)O)cc(C(C)(C)C)oc-2c1.[Na+]. The molecule has 0 bridgehead atoms. The van der Waals surface area contributed by atoms with Crippen molar-refractivity contribution in [2.75, 3.05) is 57.7 Å². The first-order valence-electron chi connectivity index (χ1n) is 18.0. The number of aliphatic carboxylic acids is 1. The Bertz CT molecular complexity index is 2190. The molecule has 0 radical (unpaired) electrons. The van der Waals surface area contributed by atoms with Gasteiger partial charge in [-0.15, -0.1) is 0 Å². The summed E-state index contributed by atoms with van der Waals surface area (Å²) >= 11 is 0. The van der Waals surface area contributed by atoms with Crippen molar-refractivity contribution in [3.8, 4) is 11.3 Å². The first-order chi connectivity index (χ1) is 25.8. The van der Waals surface area contributed by atoms with Crippen LogP contribution in [0.5, 0.6) is 0 Å². The summed E-state index contributed by atoms with van der Waals surface area (Å²) in [5.74, 6) is -0.0978. The molecular weight excluding hydrogens is 772 g/mol. The number of carbonyl (C=O) groups is 1. The number of hydrogen-bond donors (Lipinski definition) is 1. The van der Waals surface area contributed by atoms with Crippen LogP contribution in [0.4, 0.5) is 5.69 Å². The van der Waals surface area contributed by atoms with E-state index < -0.39 is 42.3 Å². The van der Waals surface area contributed by atoms with Gasteiger partial charge < -0.3 is 33.0 Å². The number of fused-ring (bicyclic) bond motifs is 2. The molecule has 2 aliphatic heterocycles. The number of benzene rings is 2. The molecule has 1 aromatic carbocycles. The fourth-order valence-electron chi connectivity index (χ4n) is 6.73. The second kappa shape index (κ2) is 20.0. The van der Waals surface area contributed by atoms with Crippen molar-refractivity contribution in [2.45, 2.75) is 69.1 Å². The van der Waals surface area contributed by atoms with Crippen LogP contribution in [0.3, 0.4) is 0 Å². The Labute approximate surface area is 352 Å². The van der Waals surface area contributed by atoms with Gasteiger partial charge in [-0.1, -0.05) is 45.1 Å². The molecule has 4 rings (SSSR count). The maximum absolute atomic E-state index is 12.0. The molecule has 2 heterocycles.